The highest BCUT2D eigenvalue weighted by atomic mass is 32.2. The Morgan fingerprint density at radius 1 is 1.09 bits per heavy atom. The third-order valence-corrected chi connectivity index (χ3v) is 5.89. The minimum absolute atomic E-state index is 0.246. The molecule has 0 radical (unpaired) electrons. The molecule has 1 aliphatic heterocycles. The molecule has 1 aliphatic rings. The van der Waals surface area contributed by atoms with Gasteiger partial charge in [0, 0.05) is 24.5 Å². The largest absolute Gasteiger partial charge is 0.423 e. The maximum Gasteiger partial charge on any atom is 0.336 e. The highest BCUT2D eigenvalue weighted by Crippen LogP contribution is 2.27. The molecule has 0 spiro atoms. The van der Waals surface area contributed by atoms with Crippen LogP contribution in [0.1, 0.15) is 20.3 Å². The summed E-state index contributed by atoms with van der Waals surface area (Å²) in [6.45, 7) is 5.25. The Morgan fingerprint density at radius 2 is 1.77 bits per heavy atom. The number of rotatable bonds is 2. The van der Waals surface area contributed by atoms with Crippen molar-refractivity contribution >= 4 is 21.0 Å². The van der Waals surface area contributed by atoms with Crippen LogP contribution in [0.5, 0.6) is 0 Å². The van der Waals surface area contributed by atoms with Crippen LogP contribution in [0.4, 0.5) is 0 Å². The number of hydrogen-bond donors (Lipinski definition) is 0. The summed E-state index contributed by atoms with van der Waals surface area (Å²) in [5, 5.41) is 0.610. The van der Waals surface area contributed by atoms with Crippen LogP contribution >= 0.6 is 0 Å². The molecule has 1 aromatic heterocycles. The number of sulfonamides is 1. The Hall–Kier alpha value is -1.66. The fraction of sp³-hybridized carbons (Fsp3) is 0.438. The van der Waals surface area contributed by atoms with Crippen molar-refractivity contribution in [3.8, 4) is 0 Å². The zero-order valence-corrected chi connectivity index (χ0v) is 13.5. The Balaban J connectivity index is 2.01. The van der Waals surface area contributed by atoms with Gasteiger partial charge in [0.2, 0.25) is 10.0 Å². The van der Waals surface area contributed by atoms with Gasteiger partial charge in [0.1, 0.15) is 5.58 Å². The molecule has 1 fully saturated rings. The first-order valence-electron chi connectivity index (χ1n) is 7.40. The standard InChI is InChI=1S/C16H19NO4S/c1-11-7-12(2)10-17(9-11)22(19,20)14-4-5-15-13(8-14)3-6-16(18)21-15/h3-6,8,11-12H,7,9-10H2,1-2H3/t11-,12-/m0/s1. The van der Waals surface area contributed by atoms with Crippen LogP contribution in [0.2, 0.25) is 0 Å². The van der Waals surface area contributed by atoms with Gasteiger partial charge in [0.05, 0.1) is 4.90 Å². The lowest BCUT2D eigenvalue weighted by molar-refractivity contribution is 0.222. The summed E-state index contributed by atoms with van der Waals surface area (Å²) in [7, 11) is -3.52. The van der Waals surface area contributed by atoms with E-state index in [0.29, 0.717) is 35.9 Å². The molecule has 118 valence electrons. The van der Waals surface area contributed by atoms with Gasteiger partial charge in [-0.25, -0.2) is 13.2 Å². The lowest BCUT2D eigenvalue weighted by Crippen LogP contribution is -2.42. The van der Waals surface area contributed by atoms with E-state index in [1.165, 1.54) is 12.1 Å². The Kier molecular flexibility index (Phi) is 3.82. The molecule has 1 saturated heterocycles. The van der Waals surface area contributed by atoms with E-state index in [4.69, 9.17) is 4.42 Å². The minimum atomic E-state index is -3.52. The van der Waals surface area contributed by atoms with Gasteiger partial charge in [-0.1, -0.05) is 13.8 Å². The summed E-state index contributed by atoms with van der Waals surface area (Å²) in [6, 6.07) is 7.49. The third kappa shape index (κ3) is 2.80. The SMILES string of the molecule is C[C@H]1C[C@H](C)CN(S(=O)(=O)c2ccc3oc(=O)ccc3c2)C1. The Bertz CT molecular complexity index is 846. The van der Waals surface area contributed by atoms with Gasteiger partial charge in [-0.3, -0.25) is 0 Å². The average molecular weight is 321 g/mol. The molecule has 0 amide bonds. The molecule has 1 aromatic carbocycles. The van der Waals surface area contributed by atoms with E-state index in [2.05, 4.69) is 13.8 Å². The predicted octanol–water partition coefficient (Wildman–Crippen LogP) is 2.46. The summed E-state index contributed by atoms with van der Waals surface area (Å²) in [5.74, 6) is 0.717. The third-order valence-electron chi connectivity index (χ3n) is 4.06. The van der Waals surface area contributed by atoms with Crippen LogP contribution in [-0.4, -0.2) is 25.8 Å². The molecule has 6 heteroatoms. The van der Waals surface area contributed by atoms with Gasteiger partial charge < -0.3 is 4.42 Å². The maximum absolute atomic E-state index is 12.8. The zero-order valence-electron chi connectivity index (χ0n) is 12.7. The molecule has 0 saturated carbocycles. The predicted molar refractivity (Wildman–Crippen MR) is 84.2 cm³/mol. The number of benzene rings is 1. The summed E-state index contributed by atoms with van der Waals surface area (Å²) in [5.41, 5.74) is -0.0476. The van der Waals surface area contributed by atoms with Crippen LogP contribution in [-0.2, 0) is 10.0 Å². The van der Waals surface area contributed by atoms with Gasteiger partial charge in [-0.2, -0.15) is 4.31 Å². The van der Waals surface area contributed by atoms with E-state index >= 15 is 0 Å². The molecule has 0 bridgehead atoms. The maximum atomic E-state index is 12.8. The van der Waals surface area contributed by atoms with Gasteiger partial charge in [0.25, 0.3) is 0 Å². The second-order valence-corrected chi connectivity index (χ2v) is 8.16. The molecule has 2 heterocycles. The normalized spacial score (nSPS) is 23.7. The van der Waals surface area contributed by atoms with E-state index in [-0.39, 0.29) is 4.90 Å². The fourth-order valence-electron chi connectivity index (χ4n) is 3.16. The molecular formula is C16H19NO4S. The van der Waals surface area contributed by atoms with E-state index in [1.54, 1.807) is 22.5 Å². The number of fused-ring (bicyclic) bond motifs is 1. The highest BCUT2D eigenvalue weighted by molar-refractivity contribution is 7.89. The number of piperidine rings is 1. The molecule has 0 N–H and O–H groups in total. The van der Waals surface area contributed by atoms with Gasteiger partial charge in [-0.05, 0) is 42.5 Å². The van der Waals surface area contributed by atoms with Crippen molar-refractivity contribution < 1.29 is 12.8 Å². The van der Waals surface area contributed by atoms with E-state index < -0.39 is 15.6 Å². The van der Waals surface area contributed by atoms with Gasteiger partial charge in [-0.15, -0.1) is 0 Å². The summed E-state index contributed by atoms with van der Waals surface area (Å²) >= 11 is 0. The molecule has 5 nitrogen and oxygen atoms in total. The topological polar surface area (TPSA) is 67.6 Å². The first kappa shape index (κ1) is 15.2. The summed E-state index contributed by atoms with van der Waals surface area (Å²) in [4.78, 5) is 11.4. The van der Waals surface area contributed by atoms with E-state index in [1.807, 2.05) is 0 Å². The highest BCUT2D eigenvalue weighted by Gasteiger charge is 2.31. The second kappa shape index (κ2) is 5.52. The lowest BCUT2D eigenvalue weighted by atomic mass is 9.94. The van der Waals surface area contributed by atoms with Crippen molar-refractivity contribution in [2.75, 3.05) is 13.1 Å². The molecule has 0 aliphatic carbocycles. The Morgan fingerprint density at radius 3 is 2.45 bits per heavy atom. The number of hydrogen-bond acceptors (Lipinski definition) is 4. The zero-order chi connectivity index (χ0) is 15.9. The molecule has 2 aromatic rings. The van der Waals surface area contributed by atoms with Crippen molar-refractivity contribution in [3.63, 3.8) is 0 Å². The van der Waals surface area contributed by atoms with Crippen LogP contribution in [0, 0.1) is 11.8 Å². The second-order valence-electron chi connectivity index (χ2n) is 6.22. The molecule has 0 unspecified atom stereocenters. The van der Waals surface area contributed by atoms with Crippen molar-refractivity contribution in [1.29, 1.82) is 0 Å². The van der Waals surface area contributed by atoms with Gasteiger partial charge >= 0.3 is 5.63 Å². The number of nitrogens with zero attached hydrogens (tertiary/aromatic N) is 1. The quantitative estimate of drug-likeness (QED) is 0.797. The van der Waals surface area contributed by atoms with Crippen LogP contribution in [0.3, 0.4) is 0 Å². The van der Waals surface area contributed by atoms with Crippen molar-refractivity contribution in [2.45, 2.75) is 25.2 Å². The van der Waals surface area contributed by atoms with Crippen molar-refractivity contribution in [2.24, 2.45) is 11.8 Å². The van der Waals surface area contributed by atoms with Crippen LogP contribution in [0.15, 0.2) is 44.4 Å². The van der Waals surface area contributed by atoms with Crippen LogP contribution in [0.25, 0.3) is 11.0 Å². The lowest BCUT2D eigenvalue weighted by Gasteiger charge is -2.34. The first-order valence-corrected chi connectivity index (χ1v) is 8.84. The molecule has 2 atom stereocenters. The smallest absolute Gasteiger partial charge is 0.336 e. The first-order chi connectivity index (χ1) is 10.4. The molecular weight excluding hydrogens is 302 g/mol. The average Bonchev–Trinajstić information content (AvgIpc) is 2.45. The van der Waals surface area contributed by atoms with Crippen molar-refractivity contribution in [1.82, 2.24) is 4.31 Å². The van der Waals surface area contributed by atoms with Gasteiger partial charge in [0.15, 0.2) is 0 Å². The van der Waals surface area contributed by atoms with E-state index in [9.17, 15) is 13.2 Å². The molecule has 22 heavy (non-hydrogen) atoms. The Labute approximate surface area is 129 Å². The molecule has 3 rings (SSSR count). The summed E-state index contributed by atoms with van der Waals surface area (Å²) < 4.78 is 32.3. The fourth-order valence-corrected chi connectivity index (χ4v) is 4.88. The summed E-state index contributed by atoms with van der Waals surface area (Å²) in [6.07, 6.45) is 1.05. The van der Waals surface area contributed by atoms with Crippen LogP contribution < -0.4 is 5.63 Å². The minimum Gasteiger partial charge on any atom is -0.423 e. The monoisotopic (exact) mass is 321 g/mol. The van der Waals surface area contributed by atoms with E-state index in [0.717, 1.165) is 6.42 Å². The van der Waals surface area contributed by atoms with Crippen molar-refractivity contribution in [3.05, 3.63) is 40.8 Å².